The number of hydrogen-bond donors (Lipinski definition) is 1. The quantitative estimate of drug-likeness (QED) is 0.901. The second kappa shape index (κ2) is 6.46. The van der Waals surface area contributed by atoms with Crippen molar-refractivity contribution in [3.8, 4) is 0 Å². The Hall–Kier alpha value is -0.970. The molecule has 1 fully saturated rings. The fourth-order valence-electron chi connectivity index (χ4n) is 2.78. The predicted octanol–water partition coefficient (Wildman–Crippen LogP) is 1.81. The highest BCUT2D eigenvalue weighted by Crippen LogP contribution is 2.18. The summed E-state index contributed by atoms with van der Waals surface area (Å²) in [6.45, 7) is 3.47. The minimum atomic E-state index is -0.185. The minimum absolute atomic E-state index is 0.185. The summed E-state index contributed by atoms with van der Waals surface area (Å²) < 4.78 is 13.5. The summed E-state index contributed by atoms with van der Waals surface area (Å²) in [5.41, 5.74) is 7.47. The van der Waals surface area contributed by atoms with Crippen molar-refractivity contribution in [2.24, 2.45) is 5.73 Å². The van der Waals surface area contributed by atoms with E-state index in [0.29, 0.717) is 12.6 Å². The molecule has 1 aromatic carbocycles. The van der Waals surface area contributed by atoms with E-state index in [1.165, 1.54) is 18.9 Å². The van der Waals surface area contributed by atoms with Crippen LogP contribution in [0.4, 0.5) is 4.39 Å². The van der Waals surface area contributed by atoms with Crippen LogP contribution in [0.5, 0.6) is 0 Å². The zero-order valence-corrected chi connectivity index (χ0v) is 11.9. The van der Waals surface area contributed by atoms with E-state index in [-0.39, 0.29) is 5.82 Å². The molecule has 1 saturated heterocycles. The van der Waals surface area contributed by atoms with E-state index in [9.17, 15) is 4.39 Å². The Labute approximate surface area is 115 Å². The van der Waals surface area contributed by atoms with Crippen LogP contribution in [0.25, 0.3) is 0 Å². The molecular weight excluding hydrogens is 241 g/mol. The summed E-state index contributed by atoms with van der Waals surface area (Å²) in [5.74, 6) is -0.185. The van der Waals surface area contributed by atoms with Crippen LogP contribution in [-0.4, -0.2) is 43.0 Å². The number of nitrogens with two attached hydrogens (primary N) is 1. The first-order valence-electron chi connectivity index (χ1n) is 6.95. The van der Waals surface area contributed by atoms with Gasteiger partial charge in [0, 0.05) is 19.1 Å². The lowest BCUT2D eigenvalue weighted by atomic mass is 10.0. The van der Waals surface area contributed by atoms with E-state index >= 15 is 0 Å². The number of rotatable bonds is 4. The van der Waals surface area contributed by atoms with Gasteiger partial charge in [-0.15, -0.1) is 0 Å². The van der Waals surface area contributed by atoms with Crippen LogP contribution in [0, 0.1) is 5.82 Å². The maximum absolute atomic E-state index is 13.5. The second-order valence-corrected chi connectivity index (χ2v) is 5.62. The third-order valence-electron chi connectivity index (χ3n) is 4.00. The molecule has 0 atom stereocenters. The number of piperidine rings is 1. The number of nitrogens with zero attached hydrogens (tertiary/aromatic N) is 2. The predicted molar refractivity (Wildman–Crippen MR) is 76.3 cm³/mol. The first kappa shape index (κ1) is 14.4. The maximum atomic E-state index is 13.5. The van der Waals surface area contributed by atoms with Crippen LogP contribution < -0.4 is 5.73 Å². The van der Waals surface area contributed by atoms with Crippen molar-refractivity contribution in [3.05, 3.63) is 35.1 Å². The summed E-state index contributed by atoms with van der Waals surface area (Å²) in [4.78, 5) is 4.70. The van der Waals surface area contributed by atoms with E-state index in [0.717, 1.165) is 30.8 Å². The molecule has 4 heteroatoms. The molecule has 19 heavy (non-hydrogen) atoms. The molecule has 106 valence electrons. The Balaban J connectivity index is 1.98. The van der Waals surface area contributed by atoms with Gasteiger partial charge >= 0.3 is 0 Å². The van der Waals surface area contributed by atoms with Crippen molar-refractivity contribution in [1.82, 2.24) is 9.80 Å². The Kier molecular flexibility index (Phi) is 4.91. The molecule has 0 saturated carbocycles. The monoisotopic (exact) mass is 265 g/mol. The van der Waals surface area contributed by atoms with Gasteiger partial charge in [0.05, 0.1) is 0 Å². The van der Waals surface area contributed by atoms with Gasteiger partial charge in [-0.1, -0.05) is 6.07 Å². The van der Waals surface area contributed by atoms with Gasteiger partial charge in [-0.25, -0.2) is 4.39 Å². The van der Waals surface area contributed by atoms with Gasteiger partial charge in [0.15, 0.2) is 0 Å². The highest BCUT2D eigenvalue weighted by molar-refractivity contribution is 5.24. The Bertz CT molecular complexity index is 414. The van der Waals surface area contributed by atoms with E-state index in [1.807, 2.05) is 6.07 Å². The topological polar surface area (TPSA) is 32.5 Å². The minimum Gasteiger partial charge on any atom is -0.326 e. The van der Waals surface area contributed by atoms with Crippen LogP contribution in [0.3, 0.4) is 0 Å². The zero-order chi connectivity index (χ0) is 13.8. The van der Waals surface area contributed by atoms with Gasteiger partial charge in [-0.2, -0.15) is 0 Å². The zero-order valence-electron chi connectivity index (χ0n) is 11.9. The molecule has 1 aromatic rings. The summed E-state index contributed by atoms with van der Waals surface area (Å²) in [6, 6.07) is 5.74. The van der Waals surface area contributed by atoms with Crippen molar-refractivity contribution in [1.29, 1.82) is 0 Å². The summed E-state index contributed by atoms with van der Waals surface area (Å²) in [6.07, 6.45) is 2.37. The first-order chi connectivity index (χ1) is 9.08. The van der Waals surface area contributed by atoms with Gasteiger partial charge in [-0.3, -0.25) is 4.90 Å². The summed E-state index contributed by atoms with van der Waals surface area (Å²) in [5, 5.41) is 0. The Morgan fingerprint density at radius 2 is 1.89 bits per heavy atom. The molecular formula is C15H24FN3. The van der Waals surface area contributed by atoms with Crippen LogP contribution >= 0.6 is 0 Å². The normalized spacial score (nSPS) is 18.2. The molecule has 0 amide bonds. The lowest BCUT2D eigenvalue weighted by molar-refractivity contribution is 0.139. The molecule has 1 heterocycles. The molecule has 0 aromatic heterocycles. The third-order valence-corrected chi connectivity index (χ3v) is 4.00. The molecule has 2 rings (SSSR count). The standard InChI is InChI=1S/C15H24FN3/c1-18-5-3-15(4-6-18)19(2)11-13-7-12(10-17)8-14(16)9-13/h7-9,15H,3-6,10-11,17H2,1-2H3. The van der Waals surface area contributed by atoms with Gasteiger partial charge in [0.1, 0.15) is 5.82 Å². The summed E-state index contributed by atoms with van der Waals surface area (Å²) in [7, 11) is 4.29. The SMILES string of the molecule is CN1CCC(N(C)Cc2cc(F)cc(CN)c2)CC1. The number of hydrogen-bond acceptors (Lipinski definition) is 3. The van der Waals surface area contributed by atoms with Crippen LogP contribution in [-0.2, 0) is 13.1 Å². The fourth-order valence-corrected chi connectivity index (χ4v) is 2.78. The average molecular weight is 265 g/mol. The molecule has 3 nitrogen and oxygen atoms in total. The highest BCUT2D eigenvalue weighted by Gasteiger charge is 2.20. The van der Waals surface area contributed by atoms with Gasteiger partial charge in [-0.05, 0) is 63.3 Å². The van der Waals surface area contributed by atoms with E-state index in [2.05, 4.69) is 23.9 Å². The van der Waals surface area contributed by atoms with Crippen LogP contribution in [0.2, 0.25) is 0 Å². The molecule has 0 spiro atoms. The first-order valence-corrected chi connectivity index (χ1v) is 6.95. The largest absolute Gasteiger partial charge is 0.326 e. The lowest BCUT2D eigenvalue weighted by Crippen LogP contribution is -2.41. The van der Waals surface area contributed by atoms with Crippen LogP contribution in [0.1, 0.15) is 24.0 Å². The molecule has 0 radical (unpaired) electrons. The van der Waals surface area contributed by atoms with Gasteiger partial charge < -0.3 is 10.6 Å². The van der Waals surface area contributed by atoms with Crippen molar-refractivity contribution in [2.75, 3.05) is 27.2 Å². The number of halogens is 1. The molecule has 2 N–H and O–H groups in total. The molecule has 1 aliphatic heterocycles. The lowest BCUT2D eigenvalue weighted by Gasteiger charge is -2.35. The van der Waals surface area contributed by atoms with E-state index in [1.54, 1.807) is 6.07 Å². The van der Waals surface area contributed by atoms with E-state index < -0.39 is 0 Å². The van der Waals surface area contributed by atoms with Crippen molar-refractivity contribution in [2.45, 2.75) is 32.0 Å². The van der Waals surface area contributed by atoms with Crippen molar-refractivity contribution < 1.29 is 4.39 Å². The fraction of sp³-hybridized carbons (Fsp3) is 0.600. The number of likely N-dealkylation sites (tertiary alicyclic amines) is 1. The molecule has 1 aliphatic rings. The summed E-state index contributed by atoms with van der Waals surface area (Å²) >= 11 is 0. The second-order valence-electron chi connectivity index (χ2n) is 5.62. The number of benzene rings is 1. The molecule has 0 unspecified atom stereocenters. The Morgan fingerprint density at radius 1 is 1.26 bits per heavy atom. The highest BCUT2D eigenvalue weighted by atomic mass is 19.1. The van der Waals surface area contributed by atoms with Gasteiger partial charge in [0.2, 0.25) is 0 Å². The average Bonchev–Trinajstić information content (AvgIpc) is 2.38. The van der Waals surface area contributed by atoms with E-state index in [4.69, 9.17) is 5.73 Å². The third kappa shape index (κ3) is 4.00. The van der Waals surface area contributed by atoms with Crippen LogP contribution in [0.15, 0.2) is 18.2 Å². The van der Waals surface area contributed by atoms with Gasteiger partial charge in [0.25, 0.3) is 0 Å². The van der Waals surface area contributed by atoms with Crippen molar-refractivity contribution in [3.63, 3.8) is 0 Å². The maximum Gasteiger partial charge on any atom is 0.123 e. The molecule has 0 bridgehead atoms. The smallest absolute Gasteiger partial charge is 0.123 e. The Morgan fingerprint density at radius 3 is 2.53 bits per heavy atom. The van der Waals surface area contributed by atoms with Crippen molar-refractivity contribution >= 4 is 0 Å². The molecule has 0 aliphatic carbocycles.